The molecule has 1 atom stereocenters. The van der Waals surface area contributed by atoms with E-state index < -0.39 is 10.0 Å². The monoisotopic (exact) mass is 458 g/mol. The fourth-order valence-corrected chi connectivity index (χ4v) is 7.90. The van der Waals surface area contributed by atoms with Gasteiger partial charge in [0.2, 0.25) is 15.9 Å². The molecule has 1 aliphatic carbocycles. The molecule has 1 amide bonds. The number of amides is 1. The molecular formula is C21H28Cl2N2O3S. The van der Waals surface area contributed by atoms with E-state index in [4.69, 9.17) is 23.2 Å². The van der Waals surface area contributed by atoms with Gasteiger partial charge in [-0.05, 0) is 56.6 Å². The van der Waals surface area contributed by atoms with Crippen LogP contribution in [0.15, 0.2) is 23.1 Å². The molecule has 8 heteroatoms. The van der Waals surface area contributed by atoms with Crippen LogP contribution in [0.2, 0.25) is 10.0 Å². The molecule has 2 aliphatic heterocycles. The molecule has 2 saturated heterocycles. The zero-order valence-electron chi connectivity index (χ0n) is 16.5. The first-order chi connectivity index (χ1) is 13.9. The summed E-state index contributed by atoms with van der Waals surface area (Å²) < 4.78 is 27.5. The molecular weight excluding hydrogens is 431 g/mol. The lowest BCUT2D eigenvalue weighted by atomic mass is 9.92. The standard InChI is InChI=1S/C21H28Cl2N2O3S/c22-17-7-3-8-18(23)20(17)29(27,28)24-13-10-16(11-14-24)21(26)25-12-4-9-19(25)15-5-1-2-6-15/h3,7-8,15-16,19H,1-2,4-6,9-14H2. The first-order valence-electron chi connectivity index (χ1n) is 10.6. The predicted octanol–water partition coefficient (Wildman–Crippen LogP) is 4.58. The van der Waals surface area contributed by atoms with Crippen LogP contribution >= 0.6 is 23.2 Å². The topological polar surface area (TPSA) is 57.7 Å². The van der Waals surface area contributed by atoms with Crippen LogP contribution in [0.3, 0.4) is 0 Å². The molecule has 0 radical (unpaired) electrons. The number of nitrogens with zero attached hydrogens (tertiary/aromatic N) is 2. The highest BCUT2D eigenvalue weighted by Crippen LogP contribution is 2.38. The Morgan fingerprint density at radius 3 is 2.14 bits per heavy atom. The lowest BCUT2D eigenvalue weighted by molar-refractivity contribution is -0.138. The second-order valence-corrected chi connectivity index (χ2v) is 11.2. The third kappa shape index (κ3) is 4.18. The van der Waals surface area contributed by atoms with Crippen LogP contribution in [0.5, 0.6) is 0 Å². The van der Waals surface area contributed by atoms with Crippen molar-refractivity contribution in [2.45, 2.75) is 62.3 Å². The van der Waals surface area contributed by atoms with Crippen LogP contribution < -0.4 is 0 Å². The molecule has 2 heterocycles. The lowest BCUT2D eigenvalue weighted by Crippen LogP contribution is -2.47. The molecule has 160 valence electrons. The van der Waals surface area contributed by atoms with Crippen molar-refractivity contribution in [3.05, 3.63) is 28.2 Å². The summed E-state index contributed by atoms with van der Waals surface area (Å²) in [6, 6.07) is 5.10. The maximum Gasteiger partial charge on any atom is 0.246 e. The fraction of sp³-hybridized carbons (Fsp3) is 0.667. The Hall–Kier alpha value is -0.820. The van der Waals surface area contributed by atoms with Crippen molar-refractivity contribution < 1.29 is 13.2 Å². The van der Waals surface area contributed by atoms with E-state index in [2.05, 4.69) is 4.90 Å². The van der Waals surface area contributed by atoms with Gasteiger partial charge < -0.3 is 4.90 Å². The summed E-state index contributed by atoms with van der Waals surface area (Å²) in [5, 5.41) is 0.263. The van der Waals surface area contributed by atoms with Crippen LogP contribution in [0.1, 0.15) is 51.4 Å². The molecule has 1 saturated carbocycles. The predicted molar refractivity (Wildman–Crippen MR) is 115 cm³/mol. The summed E-state index contributed by atoms with van der Waals surface area (Å²) in [4.78, 5) is 15.3. The zero-order valence-corrected chi connectivity index (χ0v) is 18.9. The van der Waals surface area contributed by atoms with Crippen molar-refractivity contribution in [3.8, 4) is 0 Å². The minimum absolute atomic E-state index is 0.0334. The van der Waals surface area contributed by atoms with Crippen LogP contribution in [0.25, 0.3) is 0 Å². The molecule has 1 aromatic rings. The van der Waals surface area contributed by atoms with Gasteiger partial charge in [0.1, 0.15) is 4.90 Å². The van der Waals surface area contributed by atoms with Crippen molar-refractivity contribution in [1.82, 2.24) is 9.21 Å². The van der Waals surface area contributed by atoms with Gasteiger partial charge in [-0.2, -0.15) is 4.31 Å². The van der Waals surface area contributed by atoms with Crippen molar-refractivity contribution in [2.24, 2.45) is 11.8 Å². The summed E-state index contributed by atoms with van der Waals surface area (Å²) in [6.07, 6.45) is 8.35. The van der Waals surface area contributed by atoms with Crippen LogP contribution in [0.4, 0.5) is 0 Å². The number of piperidine rings is 1. The molecule has 29 heavy (non-hydrogen) atoms. The highest BCUT2D eigenvalue weighted by Gasteiger charge is 2.40. The lowest BCUT2D eigenvalue weighted by Gasteiger charge is -2.36. The number of carbonyl (C=O) groups excluding carboxylic acids is 1. The Balaban J connectivity index is 1.42. The number of carbonyl (C=O) groups is 1. The smallest absolute Gasteiger partial charge is 0.246 e. The molecule has 0 bridgehead atoms. The molecule has 1 aromatic carbocycles. The van der Waals surface area contributed by atoms with Gasteiger partial charge in [0.15, 0.2) is 0 Å². The van der Waals surface area contributed by atoms with Gasteiger partial charge in [-0.15, -0.1) is 0 Å². The summed E-state index contributed by atoms with van der Waals surface area (Å²) in [7, 11) is -3.77. The van der Waals surface area contributed by atoms with Gasteiger partial charge >= 0.3 is 0 Å². The Labute approximate surface area is 183 Å². The van der Waals surface area contributed by atoms with Crippen LogP contribution in [-0.4, -0.2) is 49.2 Å². The number of likely N-dealkylation sites (tertiary alicyclic amines) is 1. The van der Waals surface area contributed by atoms with Gasteiger partial charge in [-0.3, -0.25) is 4.79 Å². The highest BCUT2D eigenvalue weighted by atomic mass is 35.5. The van der Waals surface area contributed by atoms with Gasteiger partial charge in [-0.1, -0.05) is 42.1 Å². The van der Waals surface area contributed by atoms with E-state index in [1.54, 1.807) is 6.07 Å². The number of rotatable bonds is 4. The first-order valence-corrected chi connectivity index (χ1v) is 12.8. The molecule has 5 nitrogen and oxygen atoms in total. The third-order valence-corrected chi connectivity index (χ3v) is 9.70. The summed E-state index contributed by atoms with van der Waals surface area (Å²) in [5.74, 6) is 0.793. The normalized spacial score (nSPS) is 25.0. The van der Waals surface area contributed by atoms with Crippen LogP contribution in [0, 0.1) is 11.8 Å². The first kappa shape index (κ1) is 21.4. The third-order valence-electron chi connectivity index (χ3n) is 6.85. The summed E-state index contributed by atoms with van der Waals surface area (Å²) in [5.41, 5.74) is 0. The van der Waals surface area contributed by atoms with Gasteiger partial charge in [0, 0.05) is 31.6 Å². The minimum Gasteiger partial charge on any atom is -0.339 e. The van der Waals surface area contributed by atoms with E-state index in [-0.39, 0.29) is 26.8 Å². The Morgan fingerprint density at radius 2 is 1.52 bits per heavy atom. The summed E-state index contributed by atoms with van der Waals surface area (Å²) >= 11 is 12.3. The number of hydrogen-bond acceptors (Lipinski definition) is 3. The maximum absolute atomic E-state index is 13.2. The van der Waals surface area contributed by atoms with E-state index in [0.29, 0.717) is 37.9 Å². The Bertz CT molecular complexity index is 842. The van der Waals surface area contributed by atoms with Crippen molar-refractivity contribution in [1.29, 1.82) is 0 Å². The van der Waals surface area contributed by atoms with E-state index in [0.717, 1.165) is 19.4 Å². The molecule has 0 spiro atoms. The molecule has 0 aromatic heterocycles. The molecule has 3 aliphatic rings. The quantitative estimate of drug-likeness (QED) is 0.663. The average molecular weight is 459 g/mol. The van der Waals surface area contributed by atoms with Crippen LogP contribution in [-0.2, 0) is 14.8 Å². The van der Waals surface area contributed by atoms with Gasteiger partial charge in [0.25, 0.3) is 0 Å². The zero-order chi connectivity index (χ0) is 20.6. The van der Waals surface area contributed by atoms with Crippen molar-refractivity contribution in [3.63, 3.8) is 0 Å². The second kappa shape index (κ2) is 8.74. The fourth-order valence-electron chi connectivity index (χ4n) is 5.33. The van der Waals surface area contributed by atoms with Gasteiger partial charge in [-0.25, -0.2) is 8.42 Å². The number of halogens is 2. The molecule has 1 unspecified atom stereocenters. The van der Waals surface area contributed by atoms with Crippen molar-refractivity contribution >= 4 is 39.1 Å². The SMILES string of the molecule is O=C(C1CCN(S(=O)(=O)c2c(Cl)cccc2Cl)CC1)N1CCCC1C1CCCC1. The second-order valence-electron chi connectivity index (χ2n) is 8.51. The minimum atomic E-state index is -3.77. The number of sulfonamides is 1. The van der Waals surface area contributed by atoms with E-state index in [9.17, 15) is 13.2 Å². The average Bonchev–Trinajstić information content (AvgIpc) is 3.38. The maximum atomic E-state index is 13.2. The highest BCUT2D eigenvalue weighted by molar-refractivity contribution is 7.89. The van der Waals surface area contributed by atoms with E-state index in [1.165, 1.54) is 42.1 Å². The molecule has 3 fully saturated rings. The number of benzene rings is 1. The van der Waals surface area contributed by atoms with Gasteiger partial charge in [0.05, 0.1) is 10.0 Å². The van der Waals surface area contributed by atoms with Crippen molar-refractivity contribution in [2.75, 3.05) is 19.6 Å². The van der Waals surface area contributed by atoms with E-state index >= 15 is 0 Å². The molecule has 0 N–H and O–H groups in total. The van der Waals surface area contributed by atoms with E-state index in [1.807, 2.05) is 0 Å². The summed E-state index contributed by atoms with van der Waals surface area (Å²) in [6.45, 7) is 1.50. The Kier molecular flexibility index (Phi) is 6.45. The molecule has 4 rings (SSSR count). The Morgan fingerprint density at radius 1 is 0.897 bits per heavy atom. The largest absolute Gasteiger partial charge is 0.339 e. The number of hydrogen-bond donors (Lipinski definition) is 0.